The van der Waals surface area contributed by atoms with Crippen molar-refractivity contribution < 1.29 is 9.00 Å². The number of nitrogens with one attached hydrogen (secondary N) is 1. The van der Waals surface area contributed by atoms with Gasteiger partial charge in [0.05, 0.1) is 10.7 Å². The van der Waals surface area contributed by atoms with Crippen LogP contribution in [0.5, 0.6) is 0 Å². The van der Waals surface area contributed by atoms with Gasteiger partial charge < -0.3 is 11.1 Å². The Labute approximate surface area is 121 Å². The van der Waals surface area contributed by atoms with Crippen molar-refractivity contribution in [1.82, 2.24) is 0 Å². The fourth-order valence-corrected chi connectivity index (χ4v) is 2.98. The molecular weight excluding hydrogens is 284 g/mol. The zero-order valence-corrected chi connectivity index (χ0v) is 12.7. The number of anilines is 2. The molecule has 2 atom stereocenters. The molecule has 0 spiro atoms. The third kappa shape index (κ3) is 5.61. The second-order valence-electron chi connectivity index (χ2n) is 4.55. The van der Waals surface area contributed by atoms with Gasteiger partial charge in [-0.1, -0.05) is 31.9 Å². The second-order valence-corrected chi connectivity index (χ2v) is 6.46. The molecule has 3 N–H and O–H groups in total. The van der Waals surface area contributed by atoms with Crippen LogP contribution in [-0.4, -0.2) is 21.6 Å². The van der Waals surface area contributed by atoms with E-state index in [2.05, 4.69) is 5.32 Å². The average Bonchev–Trinajstić information content (AvgIpc) is 2.33. The van der Waals surface area contributed by atoms with Crippen LogP contribution >= 0.6 is 11.6 Å². The Morgan fingerprint density at radius 2 is 2.21 bits per heavy atom. The standard InChI is InChI=1S/C13H19ClN2O2S/c1-3-9(2)7-19(18)8-13(17)16-12-6-10(15)4-5-11(12)14/h4-6,9H,3,7-8,15H2,1-2H3,(H,16,17). The number of nitrogens with two attached hydrogens (primary N) is 1. The minimum Gasteiger partial charge on any atom is -0.399 e. The molecule has 1 rings (SSSR count). The highest BCUT2D eigenvalue weighted by atomic mass is 35.5. The van der Waals surface area contributed by atoms with Gasteiger partial charge in [-0.3, -0.25) is 9.00 Å². The highest BCUT2D eigenvalue weighted by Crippen LogP contribution is 2.23. The molecule has 1 aromatic carbocycles. The van der Waals surface area contributed by atoms with Crippen molar-refractivity contribution in [3.05, 3.63) is 23.2 Å². The molecule has 1 aromatic rings. The van der Waals surface area contributed by atoms with Crippen molar-refractivity contribution in [1.29, 1.82) is 0 Å². The Bertz CT molecular complexity index is 480. The van der Waals surface area contributed by atoms with Gasteiger partial charge in [-0.25, -0.2) is 0 Å². The number of carbonyl (C=O) groups is 1. The molecular formula is C13H19ClN2O2S. The van der Waals surface area contributed by atoms with E-state index in [0.29, 0.717) is 28.1 Å². The normalized spacial score (nSPS) is 13.8. The second kappa shape index (κ2) is 7.50. The summed E-state index contributed by atoms with van der Waals surface area (Å²) in [6, 6.07) is 4.85. The van der Waals surface area contributed by atoms with Crippen molar-refractivity contribution in [2.24, 2.45) is 5.92 Å². The van der Waals surface area contributed by atoms with E-state index in [-0.39, 0.29) is 11.7 Å². The lowest BCUT2D eigenvalue weighted by molar-refractivity contribution is -0.113. The molecule has 0 aromatic heterocycles. The highest BCUT2D eigenvalue weighted by Gasteiger charge is 2.12. The topological polar surface area (TPSA) is 72.2 Å². The molecule has 2 unspecified atom stereocenters. The summed E-state index contributed by atoms with van der Waals surface area (Å²) in [6.45, 7) is 4.05. The fourth-order valence-electron chi connectivity index (χ4n) is 1.47. The summed E-state index contributed by atoms with van der Waals surface area (Å²) < 4.78 is 11.8. The molecule has 0 heterocycles. The van der Waals surface area contributed by atoms with Crippen LogP contribution in [-0.2, 0) is 15.6 Å². The molecule has 0 saturated carbocycles. The number of halogens is 1. The molecule has 106 valence electrons. The predicted octanol–water partition coefficient (Wildman–Crippen LogP) is 2.66. The summed E-state index contributed by atoms with van der Waals surface area (Å²) >= 11 is 5.94. The Balaban J connectivity index is 2.55. The molecule has 19 heavy (non-hydrogen) atoms. The molecule has 0 fully saturated rings. The first-order valence-electron chi connectivity index (χ1n) is 6.12. The fraction of sp³-hybridized carbons (Fsp3) is 0.462. The van der Waals surface area contributed by atoms with E-state index in [9.17, 15) is 9.00 Å². The number of benzene rings is 1. The number of nitrogen functional groups attached to an aromatic ring is 1. The zero-order valence-electron chi connectivity index (χ0n) is 11.1. The quantitative estimate of drug-likeness (QED) is 0.794. The monoisotopic (exact) mass is 302 g/mol. The number of hydrogen-bond donors (Lipinski definition) is 2. The van der Waals surface area contributed by atoms with Crippen molar-refractivity contribution in [2.75, 3.05) is 22.6 Å². The Morgan fingerprint density at radius 3 is 2.84 bits per heavy atom. The summed E-state index contributed by atoms with van der Waals surface area (Å²) in [5.41, 5.74) is 6.58. The van der Waals surface area contributed by atoms with E-state index in [4.69, 9.17) is 17.3 Å². The van der Waals surface area contributed by atoms with Crippen LogP contribution in [0.25, 0.3) is 0 Å². The number of hydrogen-bond acceptors (Lipinski definition) is 3. The van der Waals surface area contributed by atoms with Gasteiger partial charge in [0, 0.05) is 22.2 Å². The largest absolute Gasteiger partial charge is 0.399 e. The van der Waals surface area contributed by atoms with Gasteiger partial charge in [-0.15, -0.1) is 0 Å². The maximum Gasteiger partial charge on any atom is 0.237 e. The third-order valence-corrected chi connectivity index (χ3v) is 4.58. The molecule has 4 nitrogen and oxygen atoms in total. The summed E-state index contributed by atoms with van der Waals surface area (Å²) in [4.78, 5) is 11.8. The molecule has 0 bridgehead atoms. The lowest BCUT2D eigenvalue weighted by Gasteiger charge is -2.10. The van der Waals surface area contributed by atoms with E-state index in [1.54, 1.807) is 18.2 Å². The van der Waals surface area contributed by atoms with Gasteiger partial charge in [0.1, 0.15) is 5.75 Å². The number of amides is 1. The first-order valence-corrected chi connectivity index (χ1v) is 7.98. The van der Waals surface area contributed by atoms with Crippen LogP contribution in [0.1, 0.15) is 20.3 Å². The van der Waals surface area contributed by atoms with Crippen molar-refractivity contribution in [3.63, 3.8) is 0 Å². The van der Waals surface area contributed by atoms with Crippen molar-refractivity contribution >= 4 is 39.7 Å². The van der Waals surface area contributed by atoms with Gasteiger partial charge in [0.15, 0.2) is 0 Å². The van der Waals surface area contributed by atoms with E-state index in [1.807, 2.05) is 13.8 Å². The van der Waals surface area contributed by atoms with Crippen LogP contribution in [0.4, 0.5) is 11.4 Å². The van der Waals surface area contributed by atoms with Crippen LogP contribution in [0.2, 0.25) is 5.02 Å². The molecule has 0 aliphatic heterocycles. The summed E-state index contributed by atoms with van der Waals surface area (Å²) in [7, 11) is -1.15. The Kier molecular flexibility index (Phi) is 6.31. The Morgan fingerprint density at radius 1 is 1.53 bits per heavy atom. The smallest absolute Gasteiger partial charge is 0.237 e. The first-order chi connectivity index (χ1) is 8.92. The molecule has 0 aliphatic rings. The lowest BCUT2D eigenvalue weighted by atomic mass is 10.2. The van der Waals surface area contributed by atoms with Gasteiger partial charge in [-0.2, -0.15) is 0 Å². The van der Waals surface area contributed by atoms with Crippen LogP contribution in [0, 0.1) is 5.92 Å². The molecule has 6 heteroatoms. The lowest BCUT2D eigenvalue weighted by Crippen LogP contribution is -2.22. The molecule has 0 saturated heterocycles. The number of rotatable bonds is 6. The van der Waals surface area contributed by atoms with Crippen LogP contribution in [0.3, 0.4) is 0 Å². The minimum absolute atomic E-state index is 0.0184. The Hall–Kier alpha value is -1.07. The predicted molar refractivity (Wildman–Crippen MR) is 81.8 cm³/mol. The van der Waals surface area contributed by atoms with E-state index < -0.39 is 10.8 Å². The van der Waals surface area contributed by atoms with Crippen molar-refractivity contribution in [3.8, 4) is 0 Å². The van der Waals surface area contributed by atoms with E-state index >= 15 is 0 Å². The van der Waals surface area contributed by atoms with Gasteiger partial charge in [-0.05, 0) is 24.1 Å². The van der Waals surface area contributed by atoms with Gasteiger partial charge >= 0.3 is 0 Å². The summed E-state index contributed by atoms with van der Waals surface area (Å²) in [5.74, 6) is 0.558. The third-order valence-electron chi connectivity index (χ3n) is 2.72. The highest BCUT2D eigenvalue weighted by molar-refractivity contribution is 7.85. The van der Waals surface area contributed by atoms with E-state index in [1.165, 1.54) is 0 Å². The maximum absolute atomic E-state index is 11.8. The van der Waals surface area contributed by atoms with Gasteiger partial charge in [0.2, 0.25) is 5.91 Å². The van der Waals surface area contributed by atoms with Crippen molar-refractivity contribution in [2.45, 2.75) is 20.3 Å². The van der Waals surface area contributed by atoms with Gasteiger partial charge in [0.25, 0.3) is 0 Å². The van der Waals surface area contributed by atoms with Crippen LogP contribution in [0.15, 0.2) is 18.2 Å². The first kappa shape index (κ1) is 16.0. The molecule has 0 aliphatic carbocycles. The maximum atomic E-state index is 11.8. The van der Waals surface area contributed by atoms with E-state index in [0.717, 1.165) is 6.42 Å². The SMILES string of the molecule is CCC(C)CS(=O)CC(=O)Nc1cc(N)ccc1Cl. The minimum atomic E-state index is -1.15. The zero-order chi connectivity index (χ0) is 14.4. The molecule has 1 amide bonds. The average molecular weight is 303 g/mol. The summed E-state index contributed by atoms with van der Waals surface area (Å²) in [5, 5.41) is 3.04. The summed E-state index contributed by atoms with van der Waals surface area (Å²) in [6.07, 6.45) is 0.953. The number of carbonyl (C=O) groups excluding carboxylic acids is 1. The van der Waals surface area contributed by atoms with Crippen LogP contribution < -0.4 is 11.1 Å². The molecule has 0 radical (unpaired) electrons.